The van der Waals surface area contributed by atoms with Crippen molar-refractivity contribution < 1.29 is 9.59 Å². The fraction of sp³-hybridized carbons (Fsp3) is 0.167. The fourth-order valence-corrected chi connectivity index (χ4v) is 1.19. The highest BCUT2D eigenvalue weighted by atomic mass is 16.1. The maximum absolute atomic E-state index is 11.0. The molecule has 1 aromatic rings. The lowest BCUT2D eigenvalue weighted by atomic mass is 10.1. The van der Waals surface area contributed by atoms with Crippen molar-refractivity contribution in [2.75, 3.05) is 5.32 Å². The lowest BCUT2D eigenvalue weighted by molar-refractivity contribution is -0.116. The summed E-state index contributed by atoms with van der Waals surface area (Å²) in [5.74, 6) is -0.118. The molecule has 0 aliphatic rings. The minimum atomic E-state index is -0.241. The summed E-state index contributed by atoms with van der Waals surface area (Å²) in [6, 6.07) is 7.17. The molecule has 0 unspecified atom stereocenters. The molecule has 0 fully saturated rings. The standard InChI is InChI=1S/C12H13NO2/c1-3-12(15)13-11-6-4-10(5-7-11)8-9(2)14/h3-7H,1,8H2,2H3,(H,13,15). The summed E-state index contributed by atoms with van der Waals surface area (Å²) < 4.78 is 0. The first kappa shape index (κ1) is 11.2. The van der Waals surface area contributed by atoms with Crippen LogP contribution in [0.3, 0.4) is 0 Å². The molecule has 1 N–H and O–H groups in total. The number of rotatable bonds is 4. The Morgan fingerprint density at radius 1 is 1.33 bits per heavy atom. The van der Waals surface area contributed by atoms with Crippen molar-refractivity contribution in [2.45, 2.75) is 13.3 Å². The molecule has 0 radical (unpaired) electrons. The minimum Gasteiger partial charge on any atom is -0.323 e. The van der Waals surface area contributed by atoms with Crippen LogP contribution in [-0.4, -0.2) is 11.7 Å². The number of anilines is 1. The van der Waals surface area contributed by atoms with E-state index in [1.807, 2.05) is 12.1 Å². The van der Waals surface area contributed by atoms with E-state index in [0.717, 1.165) is 5.56 Å². The minimum absolute atomic E-state index is 0.123. The van der Waals surface area contributed by atoms with Crippen molar-refractivity contribution >= 4 is 17.4 Å². The van der Waals surface area contributed by atoms with E-state index in [1.54, 1.807) is 19.1 Å². The number of carbonyl (C=O) groups excluding carboxylic acids is 2. The van der Waals surface area contributed by atoms with Crippen molar-refractivity contribution in [3.63, 3.8) is 0 Å². The van der Waals surface area contributed by atoms with Gasteiger partial charge in [0.2, 0.25) is 5.91 Å². The summed E-state index contributed by atoms with van der Waals surface area (Å²) in [7, 11) is 0. The average molecular weight is 203 g/mol. The van der Waals surface area contributed by atoms with Gasteiger partial charge in [0.05, 0.1) is 0 Å². The number of Topliss-reactive ketones (excluding diaryl/α,β-unsaturated/α-hetero) is 1. The van der Waals surface area contributed by atoms with Gasteiger partial charge in [0.15, 0.2) is 0 Å². The van der Waals surface area contributed by atoms with Crippen LogP contribution in [0, 0.1) is 0 Å². The quantitative estimate of drug-likeness (QED) is 0.760. The number of nitrogens with one attached hydrogen (secondary N) is 1. The second-order valence-corrected chi connectivity index (χ2v) is 3.27. The van der Waals surface area contributed by atoms with Crippen LogP contribution in [0.25, 0.3) is 0 Å². The Bertz CT molecular complexity index is 379. The van der Waals surface area contributed by atoms with Gasteiger partial charge in [-0.1, -0.05) is 18.7 Å². The van der Waals surface area contributed by atoms with Crippen molar-refractivity contribution in [2.24, 2.45) is 0 Å². The van der Waals surface area contributed by atoms with Gasteiger partial charge in [-0.25, -0.2) is 0 Å². The van der Waals surface area contributed by atoms with Gasteiger partial charge in [0.25, 0.3) is 0 Å². The van der Waals surface area contributed by atoms with Gasteiger partial charge in [-0.3, -0.25) is 9.59 Å². The maximum Gasteiger partial charge on any atom is 0.247 e. The van der Waals surface area contributed by atoms with Gasteiger partial charge in [-0.05, 0) is 30.7 Å². The molecule has 78 valence electrons. The summed E-state index contributed by atoms with van der Waals surface area (Å²) in [4.78, 5) is 21.8. The summed E-state index contributed by atoms with van der Waals surface area (Å²) in [6.45, 7) is 4.91. The molecule has 0 saturated carbocycles. The summed E-state index contributed by atoms with van der Waals surface area (Å²) in [6.07, 6.45) is 1.64. The zero-order valence-corrected chi connectivity index (χ0v) is 8.62. The van der Waals surface area contributed by atoms with Crippen molar-refractivity contribution in [1.82, 2.24) is 0 Å². The van der Waals surface area contributed by atoms with Gasteiger partial charge in [0, 0.05) is 12.1 Å². The molecule has 3 nitrogen and oxygen atoms in total. The van der Waals surface area contributed by atoms with E-state index < -0.39 is 0 Å². The SMILES string of the molecule is C=CC(=O)Nc1ccc(CC(C)=O)cc1. The smallest absolute Gasteiger partial charge is 0.247 e. The highest BCUT2D eigenvalue weighted by Crippen LogP contribution is 2.10. The lowest BCUT2D eigenvalue weighted by Crippen LogP contribution is -2.07. The van der Waals surface area contributed by atoms with Crippen LogP contribution in [0.1, 0.15) is 12.5 Å². The van der Waals surface area contributed by atoms with Crippen LogP contribution in [0.2, 0.25) is 0 Å². The molecule has 0 bridgehead atoms. The molecule has 0 heterocycles. The number of ketones is 1. The first-order valence-corrected chi connectivity index (χ1v) is 4.63. The molecule has 15 heavy (non-hydrogen) atoms. The average Bonchev–Trinajstić information content (AvgIpc) is 2.20. The summed E-state index contributed by atoms with van der Waals surface area (Å²) in [5.41, 5.74) is 1.64. The molecular formula is C12H13NO2. The van der Waals surface area contributed by atoms with Crippen molar-refractivity contribution in [3.8, 4) is 0 Å². The van der Waals surface area contributed by atoms with Gasteiger partial charge in [0.1, 0.15) is 5.78 Å². The molecule has 0 aliphatic carbocycles. The second kappa shape index (κ2) is 5.10. The first-order chi connectivity index (χ1) is 7.11. The maximum atomic E-state index is 11.0. The summed E-state index contributed by atoms with van der Waals surface area (Å²) >= 11 is 0. The highest BCUT2D eigenvalue weighted by molar-refractivity contribution is 5.98. The zero-order valence-electron chi connectivity index (χ0n) is 8.62. The van der Waals surface area contributed by atoms with Crippen molar-refractivity contribution in [1.29, 1.82) is 0 Å². The van der Waals surface area contributed by atoms with Gasteiger partial charge in [-0.2, -0.15) is 0 Å². The molecule has 0 aromatic heterocycles. The van der Waals surface area contributed by atoms with E-state index in [0.29, 0.717) is 12.1 Å². The van der Waals surface area contributed by atoms with Crippen LogP contribution >= 0.6 is 0 Å². The van der Waals surface area contributed by atoms with E-state index in [9.17, 15) is 9.59 Å². The third-order valence-corrected chi connectivity index (χ3v) is 1.86. The normalized spacial score (nSPS) is 9.40. The Morgan fingerprint density at radius 2 is 1.93 bits per heavy atom. The third kappa shape index (κ3) is 3.77. The molecular weight excluding hydrogens is 190 g/mol. The van der Waals surface area contributed by atoms with E-state index in [2.05, 4.69) is 11.9 Å². The lowest BCUT2D eigenvalue weighted by Gasteiger charge is -2.03. The molecule has 3 heteroatoms. The fourth-order valence-electron chi connectivity index (χ4n) is 1.19. The number of carbonyl (C=O) groups is 2. The van der Waals surface area contributed by atoms with E-state index in [4.69, 9.17) is 0 Å². The molecule has 0 atom stereocenters. The van der Waals surface area contributed by atoms with Gasteiger partial charge in [-0.15, -0.1) is 0 Å². The predicted molar refractivity (Wildman–Crippen MR) is 59.7 cm³/mol. The Morgan fingerprint density at radius 3 is 2.40 bits per heavy atom. The van der Waals surface area contributed by atoms with Crippen LogP contribution in [-0.2, 0) is 16.0 Å². The Balaban J connectivity index is 2.67. The zero-order chi connectivity index (χ0) is 11.3. The number of benzene rings is 1. The third-order valence-electron chi connectivity index (χ3n) is 1.86. The number of hydrogen-bond donors (Lipinski definition) is 1. The highest BCUT2D eigenvalue weighted by Gasteiger charge is 1.99. The Labute approximate surface area is 88.8 Å². The topological polar surface area (TPSA) is 46.2 Å². The van der Waals surface area contributed by atoms with Gasteiger partial charge < -0.3 is 5.32 Å². The second-order valence-electron chi connectivity index (χ2n) is 3.27. The van der Waals surface area contributed by atoms with Crippen LogP contribution in [0.4, 0.5) is 5.69 Å². The molecule has 1 aromatic carbocycles. The monoisotopic (exact) mass is 203 g/mol. The Hall–Kier alpha value is -1.90. The molecule has 1 amide bonds. The molecule has 0 aliphatic heterocycles. The predicted octanol–water partition coefficient (Wildman–Crippen LogP) is 1.94. The summed E-state index contributed by atoms with van der Waals surface area (Å²) in [5, 5.41) is 2.63. The first-order valence-electron chi connectivity index (χ1n) is 4.63. The Kier molecular flexibility index (Phi) is 3.80. The van der Waals surface area contributed by atoms with E-state index in [1.165, 1.54) is 6.08 Å². The number of hydrogen-bond acceptors (Lipinski definition) is 2. The van der Waals surface area contributed by atoms with Crippen LogP contribution < -0.4 is 5.32 Å². The largest absolute Gasteiger partial charge is 0.323 e. The van der Waals surface area contributed by atoms with Crippen LogP contribution in [0.5, 0.6) is 0 Å². The van der Waals surface area contributed by atoms with Gasteiger partial charge >= 0.3 is 0 Å². The van der Waals surface area contributed by atoms with E-state index in [-0.39, 0.29) is 11.7 Å². The molecule has 1 rings (SSSR count). The molecule has 0 saturated heterocycles. The number of amides is 1. The van der Waals surface area contributed by atoms with Crippen molar-refractivity contribution in [3.05, 3.63) is 42.5 Å². The molecule has 0 spiro atoms. The van der Waals surface area contributed by atoms with Crippen LogP contribution in [0.15, 0.2) is 36.9 Å². The van der Waals surface area contributed by atoms with E-state index >= 15 is 0 Å².